The molecular formula is C20H18F4O3. The minimum absolute atomic E-state index is 0.295. The van der Waals surface area contributed by atoms with Gasteiger partial charge in [0.15, 0.2) is 0 Å². The fourth-order valence-electron chi connectivity index (χ4n) is 2.47. The van der Waals surface area contributed by atoms with Crippen molar-refractivity contribution in [3.8, 4) is 5.75 Å². The molecule has 0 N–H and O–H groups in total. The molecule has 7 heteroatoms. The van der Waals surface area contributed by atoms with E-state index in [4.69, 9.17) is 4.74 Å². The highest BCUT2D eigenvalue weighted by Gasteiger charge is 2.40. The summed E-state index contributed by atoms with van der Waals surface area (Å²) in [4.78, 5) is 11.4. The molecule has 0 heterocycles. The molecule has 27 heavy (non-hydrogen) atoms. The van der Waals surface area contributed by atoms with Crippen molar-refractivity contribution in [1.82, 2.24) is 0 Å². The first-order chi connectivity index (χ1) is 12.8. The number of alkyl halides is 2. The zero-order chi connectivity index (χ0) is 20.0. The first kappa shape index (κ1) is 20.5. The van der Waals surface area contributed by atoms with Gasteiger partial charge in [-0.15, -0.1) is 0 Å². The molecule has 0 bridgehead atoms. The Bertz CT molecular complexity index is 783. The highest BCUT2D eigenvalue weighted by Crippen LogP contribution is 2.35. The van der Waals surface area contributed by atoms with Crippen molar-refractivity contribution in [3.05, 3.63) is 77.9 Å². The zero-order valence-electron chi connectivity index (χ0n) is 14.6. The third-order valence-corrected chi connectivity index (χ3v) is 3.73. The maximum absolute atomic E-state index is 14.2. The van der Waals surface area contributed by atoms with Gasteiger partial charge in [-0.25, -0.2) is 13.6 Å². The average Bonchev–Trinajstić information content (AvgIpc) is 2.61. The van der Waals surface area contributed by atoms with Crippen LogP contribution in [0.5, 0.6) is 5.75 Å². The van der Waals surface area contributed by atoms with Gasteiger partial charge in [0.05, 0.1) is 0 Å². The molecular weight excluding hydrogens is 364 g/mol. The summed E-state index contributed by atoms with van der Waals surface area (Å²) < 4.78 is 65.3. The van der Waals surface area contributed by atoms with Gasteiger partial charge in [0.25, 0.3) is 0 Å². The van der Waals surface area contributed by atoms with E-state index in [0.29, 0.717) is 12.0 Å². The van der Waals surface area contributed by atoms with Crippen molar-refractivity contribution in [2.75, 3.05) is 0 Å². The number of carbonyl (C=O) groups is 1. The quantitative estimate of drug-likeness (QED) is 0.336. The smallest absolute Gasteiger partial charge is 0.432 e. The summed E-state index contributed by atoms with van der Waals surface area (Å²) in [5, 5.41) is 0. The lowest BCUT2D eigenvalue weighted by Crippen LogP contribution is -2.25. The summed E-state index contributed by atoms with van der Waals surface area (Å²) in [5.74, 6) is -3.71. The molecule has 0 spiro atoms. The summed E-state index contributed by atoms with van der Waals surface area (Å²) in [5.41, 5.74) is -0.891. The fourth-order valence-corrected chi connectivity index (χ4v) is 2.47. The molecule has 0 aliphatic carbocycles. The Morgan fingerprint density at radius 1 is 1.15 bits per heavy atom. The van der Waals surface area contributed by atoms with Crippen LogP contribution in [0.4, 0.5) is 17.6 Å². The Hall–Kier alpha value is -2.83. The highest BCUT2D eigenvalue weighted by atomic mass is 19.3. The van der Waals surface area contributed by atoms with Crippen LogP contribution in [0.3, 0.4) is 0 Å². The minimum atomic E-state index is -4.20. The second-order valence-corrected chi connectivity index (χ2v) is 5.70. The van der Waals surface area contributed by atoms with Crippen LogP contribution in [-0.4, -0.2) is 5.97 Å². The van der Waals surface area contributed by atoms with E-state index in [1.54, 1.807) is 0 Å². The number of benzene rings is 2. The van der Waals surface area contributed by atoms with Gasteiger partial charge >= 0.3 is 12.1 Å². The summed E-state index contributed by atoms with van der Waals surface area (Å²) in [6.45, 7) is 5.22. The van der Waals surface area contributed by atoms with Crippen molar-refractivity contribution in [3.63, 3.8) is 0 Å². The van der Waals surface area contributed by atoms with E-state index in [1.807, 2.05) is 6.92 Å². The number of hydrogen-bond acceptors (Lipinski definition) is 3. The van der Waals surface area contributed by atoms with Crippen LogP contribution < -0.4 is 4.74 Å². The molecule has 0 radical (unpaired) electrons. The first-order valence-electron chi connectivity index (χ1n) is 8.22. The number of esters is 1. The number of rotatable bonds is 8. The minimum Gasteiger partial charge on any atom is -0.454 e. The lowest BCUT2D eigenvalue weighted by Gasteiger charge is -2.20. The molecule has 1 unspecified atom stereocenters. The molecule has 144 valence electrons. The SMILES string of the molecule is C=CC(=O)OC(CCC)c1ccc(OC(F)(F)c2c(F)cccc2F)cc1. The van der Waals surface area contributed by atoms with Gasteiger partial charge in [0.2, 0.25) is 0 Å². The summed E-state index contributed by atoms with van der Waals surface area (Å²) in [6, 6.07) is 7.75. The Morgan fingerprint density at radius 2 is 1.74 bits per heavy atom. The third kappa shape index (κ3) is 5.09. The van der Waals surface area contributed by atoms with Gasteiger partial charge in [-0.2, -0.15) is 8.78 Å². The molecule has 0 amide bonds. The van der Waals surface area contributed by atoms with Gasteiger partial charge in [-0.1, -0.05) is 38.1 Å². The Morgan fingerprint density at radius 3 is 2.26 bits per heavy atom. The van der Waals surface area contributed by atoms with Gasteiger partial charge < -0.3 is 9.47 Å². The monoisotopic (exact) mass is 382 g/mol. The average molecular weight is 382 g/mol. The molecule has 3 nitrogen and oxygen atoms in total. The maximum Gasteiger partial charge on any atom is 0.432 e. The molecule has 1 atom stereocenters. The second kappa shape index (κ2) is 8.70. The van der Waals surface area contributed by atoms with Crippen molar-refractivity contribution >= 4 is 5.97 Å². The topological polar surface area (TPSA) is 35.5 Å². The van der Waals surface area contributed by atoms with E-state index >= 15 is 0 Å². The van der Waals surface area contributed by atoms with Gasteiger partial charge in [-0.3, -0.25) is 0 Å². The van der Waals surface area contributed by atoms with Crippen molar-refractivity contribution in [1.29, 1.82) is 0 Å². The van der Waals surface area contributed by atoms with Gasteiger partial charge in [0, 0.05) is 6.08 Å². The van der Waals surface area contributed by atoms with Crippen LogP contribution in [0.15, 0.2) is 55.1 Å². The molecule has 0 fully saturated rings. The largest absolute Gasteiger partial charge is 0.454 e. The van der Waals surface area contributed by atoms with Crippen molar-refractivity contribution in [2.24, 2.45) is 0 Å². The highest BCUT2D eigenvalue weighted by molar-refractivity contribution is 5.81. The Kier molecular flexibility index (Phi) is 6.60. The van der Waals surface area contributed by atoms with Crippen molar-refractivity contribution < 1.29 is 31.8 Å². The van der Waals surface area contributed by atoms with E-state index in [0.717, 1.165) is 30.7 Å². The third-order valence-electron chi connectivity index (χ3n) is 3.73. The van der Waals surface area contributed by atoms with Crippen LogP contribution in [0.2, 0.25) is 0 Å². The molecule has 0 aliphatic heterocycles. The predicted molar refractivity (Wildman–Crippen MR) is 91.3 cm³/mol. The van der Waals surface area contributed by atoms with E-state index in [1.165, 1.54) is 24.3 Å². The van der Waals surface area contributed by atoms with E-state index in [2.05, 4.69) is 11.3 Å². The van der Waals surface area contributed by atoms with E-state index in [-0.39, 0.29) is 5.75 Å². The summed E-state index contributed by atoms with van der Waals surface area (Å²) in [6.07, 6.45) is -2.49. The lowest BCUT2D eigenvalue weighted by molar-refractivity contribution is -0.189. The second-order valence-electron chi connectivity index (χ2n) is 5.70. The predicted octanol–water partition coefficient (Wildman–Crippen LogP) is 5.66. The van der Waals surface area contributed by atoms with Crippen LogP contribution in [0, 0.1) is 11.6 Å². The lowest BCUT2D eigenvalue weighted by atomic mass is 10.0. The molecule has 0 aliphatic rings. The zero-order valence-corrected chi connectivity index (χ0v) is 14.6. The number of halogens is 4. The Labute approximate surface area is 154 Å². The Balaban J connectivity index is 2.21. The van der Waals surface area contributed by atoms with Crippen LogP contribution in [0.25, 0.3) is 0 Å². The normalized spacial score (nSPS) is 12.3. The summed E-state index contributed by atoms with van der Waals surface area (Å²) >= 11 is 0. The molecule has 2 aromatic carbocycles. The van der Waals surface area contributed by atoms with E-state index in [9.17, 15) is 22.4 Å². The number of hydrogen-bond donors (Lipinski definition) is 0. The van der Waals surface area contributed by atoms with Crippen LogP contribution in [0.1, 0.15) is 37.0 Å². The molecule has 2 aromatic rings. The van der Waals surface area contributed by atoms with E-state index < -0.39 is 35.4 Å². The number of carbonyl (C=O) groups excluding carboxylic acids is 1. The molecule has 2 rings (SSSR count). The number of ether oxygens (including phenoxy) is 2. The summed E-state index contributed by atoms with van der Waals surface area (Å²) in [7, 11) is 0. The van der Waals surface area contributed by atoms with Gasteiger partial charge in [0.1, 0.15) is 29.1 Å². The first-order valence-corrected chi connectivity index (χ1v) is 8.22. The molecule has 0 saturated heterocycles. The van der Waals surface area contributed by atoms with Crippen LogP contribution in [-0.2, 0) is 15.6 Å². The fraction of sp³-hybridized carbons (Fsp3) is 0.250. The van der Waals surface area contributed by atoms with Gasteiger partial charge in [-0.05, 0) is 36.2 Å². The maximum atomic E-state index is 14.2. The molecule has 0 saturated carbocycles. The van der Waals surface area contributed by atoms with Crippen molar-refractivity contribution in [2.45, 2.75) is 32.0 Å². The molecule has 0 aromatic heterocycles. The van der Waals surface area contributed by atoms with Crippen LogP contribution >= 0.6 is 0 Å². The standard InChI is InChI=1S/C20H18F4O3/c1-3-6-17(26-18(25)4-2)13-9-11-14(12-10-13)27-20(23,24)19-15(21)7-5-8-16(19)22/h4-5,7-12,17H,2-3,6H2,1H3.